The van der Waals surface area contributed by atoms with E-state index in [-0.39, 0.29) is 18.9 Å². The van der Waals surface area contributed by atoms with E-state index < -0.39 is 24.0 Å². The van der Waals surface area contributed by atoms with Crippen LogP contribution < -0.4 is 10.6 Å². The van der Waals surface area contributed by atoms with Crippen LogP contribution in [0, 0.1) is 11.3 Å². The van der Waals surface area contributed by atoms with E-state index in [0.717, 1.165) is 24.8 Å². The summed E-state index contributed by atoms with van der Waals surface area (Å²) in [6, 6.07) is 11.6. The maximum atomic E-state index is 12.0. The topological polar surface area (TPSA) is 108 Å². The lowest BCUT2D eigenvalue weighted by atomic mass is 9.83. The highest BCUT2D eigenvalue weighted by Gasteiger charge is 2.33. The molecule has 0 atom stereocenters. The molecule has 0 aromatic heterocycles. The van der Waals surface area contributed by atoms with Crippen molar-refractivity contribution < 1.29 is 19.1 Å². The van der Waals surface area contributed by atoms with Gasteiger partial charge in [-0.2, -0.15) is 5.26 Å². The number of nitriles is 1. The third kappa shape index (κ3) is 7.23. The highest BCUT2D eigenvalue weighted by Crippen LogP contribution is 2.27. The zero-order valence-electron chi connectivity index (χ0n) is 15.8. The molecule has 0 unspecified atom stereocenters. The van der Waals surface area contributed by atoms with Crippen molar-refractivity contribution in [2.75, 3.05) is 13.2 Å². The molecule has 7 heteroatoms. The summed E-state index contributed by atoms with van der Waals surface area (Å²) in [6.07, 6.45) is 7.10. The molecule has 1 aromatic rings. The average molecular weight is 383 g/mol. The molecule has 2 N–H and O–H groups in total. The van der Waals surface area contributed by atoms with Crippen molar-refractivity contribution in [1.29, 1.82) is 5.26 Å². The molecular formula is C21H25N3O4. The van der Waals surface area contributed by atoms with Crippen molar-refractivity contribution >= 4 is 23.9 Å². The first-order valence-electron chi connectivity index (χ1n) is 9.42. The van der Waals surface area contributed by atoms with Gasteiger partial charge in [0.15, 0.2) is 6.61 Å². The summed E-state index contributed by atoms with van der Waals surface area (Å²) in [5.74, 6) is -1.38. The summed E-state index contributed by atoms with van der Waals surface area (Å²) < 4.78 is 4.92. The zero-order valence-corrected chi connectivity index (χ0v) is 15.8. The molecule has 28 heavy (non-hydrogen) atoms. The van der Waals surface area contributed by atoms with Crippen LogP contribution in [0.5, 0.6) is 0 Å². The number of esters is 1. The van der Waals surface area contributed by atoms with Crippen molar-refractivity contribution in [3.8, 4) is 6.07 Å². The molecule has 0 aliphatic heterocycles. The van der Waals surface area contributed by atoms with E-state index in [1.807, 2.05) is 30.3 Å². The van der Waals surface area contributed by atoms with Crippen molar-refractivity contribution in [3.63, 3.8) is 0 Å². The molecule has 148 valence electrons. The Morgan fingerprint density at radius 1 is 1.14 bits per heavy atom. The summed E-state index contributed by atoms with van der Waals surface area (Å²) in [5.41, 5.74) is 0.0528. The van der Waals surface area contributed by atoms with Gasteiger partial charge in [-0.1, -0.05) is 49.6 Å². The minimum absolute atomic E-state index is 0.0401. The molecule has 2 amide bonds. The SMILES string of the molecule is N#CC1(NC(=O)COC(=O)CCNC(=O)/C=C/c2ccccc2)CCCCC1. The van der Waals surface area contributed by atoms with Crippen molar-refractivity contribution in [3.05, 3.63) is 42.0 Å². The van der Waals surface area contributed by atoms with Gasteiger partial charge in [-0.15, -0.1) is 0 Å². The van der Waals surface area contributed by atoms with Gasteiger partial charge in [0, 0.05) is 12.6 Å². The summed E-state index contributed by atoms with van der Waals surface area (Å²) in [5, 5.41) is 14.6. The first-order valence-corrected chi connectivity index (χ1v) is 9.42. The van der Waals surface area contributed by atoms with Gasteiger partial charge < -0.3 is 15.4 Å². The van der Waals surface area contributed by atoms with E-state index in [2.05, 4.69) is 16.7 Å². The Bertz CT molecular complexity index is 747. The second-order valence-corrected chi connectivity index (χ2v) is 6.75. The molecular weight excluding hydrogens is 358 g/mol. The van der Waals surface area contributed by atoms with E-state index in [4.69, 9.17) is 4.74 Å². The van der Waals surface area contributed by atoms with Crippen molar-refractivity contribution in [2.24, 2.45) is 0 Å². The molecule has 0 heterocycles. The maximum Gasteiger partial charge on any atom is 0.308 e. The summed E-state index contributed by atoms with van der Waals surface area (Å²) in [7, 11) is 0. The fourth-order valence-corrected chi connectivity index (χ4v) is 3.02. The number of nitrogens with one attached hydrogen (secondary N) is 2. The van der Waals surface area contributed by atoms with Crippen LogP contribution in [0.15, 0.2) is 36.4 Å². The van der Waals surface area contributed by atoms with Crippen LogP contribution >= 0.6 is 0 Å². The molecule has 0 saturated heterocycles. The van der Waals surface area contributed by atoms with Gasteiger partial charge in [-0.25, -0.2) is 0 Å². The van der Waals surface area contributed by atoms with Crippen LogP contribution in [-0.4, -0.2) is 36.5 Å². The van der Waals surface area contributed by atoms with Gasteiger partial charge in [0.1, 0.15) is 5.54 Å². The van der Waals surface area contributed by atoms with Crippen LogP contribution in [0.2, 0.25) is 0 Å². The Kier molecular flexibility index (Phi) is 8.22. The highest BCUT2D eigenvalue weighted by atomic mass is 16.5. The third-order valence-corrected chi connectivity index (χ3v) is 4.52. The molecule has 1 aliphatic carbocycles. The smallest absolute Gasteiger partial charge is 0.308 e. The zero-order chi connectivity index (χ0) is 20.2. The molecule has 1 fully saturated rings. The average Bonchev–Trinajstić information content (AvgIpc) is 2.72. The fourth-order valence-electron chi connectivity index (χ4n) is 3.02. The van der Waals surface area contributed by atoms with Gasteiger partial charge in [0.2, 0.25) is 5.91 Å². The van der Waals surface area contributed by atoms with Crippen LogP contribution in [0.4, 0.5) is 0 Å². The Balaban J connectivity index is 1.63. The van der Waals surface area contributed by atoms with Crippen LogP contribution in [0.3, 0.4) is 0 Å². The maximum absolute atomic E-state index is 12.0. The minimum atomic E-state index is -0.846. The molecule has 1 aromatic carbocycles. The van der Waals surface area contributed by atoms with Crippen LogP contribution in [-0.2, 0) is 19.1 Å². The second kappa shape index (κ2) is 10.9. The van der Waals surface area contributed by atoms with Gasteiger partial charge in [-0.05, 0) is 24.5 Å². The summed E-state index contributed by atoms with van der Waals surface area (Å²) in [4.78, 5) is 35.4. The molecule has 0 spiro atoms. The van der Waals surface area contributed by atoms with E-state index in [9.17, 15) is 19.6 Å². The predicted molar refractivity (Wildman–Crippen MR) is 104 cm³/mol. The third-order valence-electron chi connectivity index (χ3n) is 4.52. The number of carbonyl (C=O) groups is 3. The number of hydrogen-bond acceptors (Lipinski definition) is 5. The predicted octanol–water partition coefficient (Wildman–Crippen LogP) is 2.09. The first-order chi connectivity index (χ1) is 13.5. The minimum Gasteiger partial charge on any atom is -0.456 e. The summed E-state index contributed by atoms with van der Waals surface area (Å²) in [6.45, 7) is -0.315. The molecule has 0 bridgehead atoms. The Labute approximate surface area is 164 Å². The monoisotopic (exact) mass is 383 g/mol. The lowest BCUT2D eigenvalue weighted by Gasteiger charge is -2.31. The first kappa shape index (κ1) is 21.2. The lowest BCUT2D eigenvalue weighted by molar-refractivity contribution is -0.149. The number of rotatable bonds is 8. The standard InChI is InChI=1S/C21H25N3O4/c22-16-21(12-5-2-6-13-21)24-19(26)15-28-20(27)11-14-23-18(25)10-9-17-7-3-1-4-8-17/h1,3-4,7-10H,2,5-6,11-15H2,(H,23,25)(H,24,26)/b10-9+. The Morgan fingerprint density at radius 2 is 1.86 bits per heavy atom. The van der Waals surface area contributed by atoms with Gasteiger partial charge in [0.05, 0.1) is 12.5 Å². The van der Waals surface area contributed by atoms with Gasteiger partial charge in [-0.3, -0.25) is 14.4 Å². The number of hydrogen-bond donors (Lipinski definition) is 2. The molecule has 1 aliphatic rings. The Morgan fingerprint density at radius 3 is 2.54 bits per heavy atom. The van der Waals surface area contributed by atoms with Crippen molar-refractivity contribution in [2.45, 2.75) is 44.1 Å². The Hall–Kier alpha value is -3.14. The quantitative estimate of drug-likeness (QED) is 0.528. The number of carbonyl (C=O) groups excluding carboxylic acids is 3. The number of ether oxygens (including phenoxy) is 1. The van der Waals surface area contributed by atoms with Crippen molar-refractivity contribution in [1.82, 2.24) is 10.6 Å². The fraction of sp³-hybridized carbons (Fsp3) is 0.429. The second-order valence-electron chi connectivity index (χ2n) is 6.75. The van der Waals surface area contributed by atoms with E-state index in [1.54, 1.807) is 6.08 Å². The molecule has 0 radical (unpaired) electrons. The van der Waals surface area contributed by atoms with Gasteiger partial charge >= 0.3 is 5.97 Å². The van der Waals surface area contributed by atoms with Gasteiger partial charge in [0.25, 0.3) is 5.91 Å². The van der Waals surface area contributed by atoms with Crippen LogP contribution in [0.1, 0.15) is 44.1 Å². The van der Waals surface area contributed by atoms with E-state index in [1.165, 1.54) is 6.08 Å². The van der Waals surface area contributed by atoms with E-state index in [0.29, 0.717) is 12.8 Å². The lowest BCUT2D eigenvalue weighted by Crippen LogP contribution is -2.50. The number of benzene rings is 1. The van der Waals surface area contributed by atoms with Crippen LogP contribution in [0.25, 0.3) is 6.08 Å². The molecule has 1 saturated carbocycles. The highest BCUT2D eigenvalue weighted by molar-refractivity contribution is 5.91. The number of amides is 2. The normalized spacial score (nSPS) is 15.4. The van der Waals surface area contributed by atoms with E-state index >= 15 is 0 Å². The molecule has 2 rings (SSSR count). The molecule has 7 nitrogen and oxygen atoms in total. The number of nitrogens with zero attached hydrogens (tertiary/aromatic N) is 1. The largest absolute Gasteiger partial charge is 0.456 e. The summed E-state index contributed by atoms with van der Waals surface area (Å²) >= 11 is 0.